The zero-order valence-electron chi connectivity index (χ0n) is 21.8. The van der Waals surface area contributed by atoms with Crippen molar-refractivity contribution in [3.63, 3.8) is 0 Å². The van der Waals surface area contributed by atoms with Crippen LogP contribution in [-0.4, -0.2) is 94.1 Å². The van der Waals surface area contributed by atoms with Crippen LogP contribution in [0.3, 0.4) is 0 Å². The standard InChI is InChI=1S/C23H35F3N4O6S/c1-14(2)27-22(32)30-10-15(3)20(35-6)11-29(5)21(31)18-8-7-17(9-19(18)36-12-16(30)4)28-37(33,34)13-23(24,25)26/h7-9,14-16,20,28H,10-13H2,1-6H3,(H,27,32)/t15-,16-,20-/m1/s1. The number of carbonyl (C=O) groups excluding carboxylic acids is 2. The number of likely N-dealkylation sites (N-methyl/N-ethyl adjacent to an activating group) is 1. The highest BCUT2D eigenvalue weighted by molar-refractivity contribution is 7.92. The first-order valence-corrected chi connectivity index (χ1v) is 13.4. The SMILES string of the molecule is CO[C@@H]1CN(C)C(=O)c2ccc(NS(=O)(=O)CC(F)(F)F)cc2OC[C@@H](C)N(C(=O)NC(C)C)C[C@H]1C. The summed E-state index contributed by atoms with van der Waals surface area (Å²) in [6.07, 6.45) is -5.34. The minimum atomic E-state index is -4.93. The Morgan fingerprint density at radius 2 is 1.89 bits per heavy atom. The van der Waals surface area contributed by atoms with Gasteiger partial charge in [0.05, 0.1) is 23.4 Å². The molecule has 0 saturated heterocycles. The molecule has 1 aromatic rings. The van der Waals surface area contributed by atoms with Gasteiger partial charge in [-0.05, 0) is 32.9 Å². The summed E-state index contributed by atoms with van der Waals surface area (Å²) in [6, 6.07) is 2.71. The molecule has 14 heteroatoms. The maximum Gasteiger partial charge on any atom is 0.404 e. The average Bonchev–Trinajstić information content (AvgIpc) is 2.75. The van der Waals surface area contributed by atoms with Crippen molar-refractivity contribution in [3.8, 4) is 5.75 Å². The Hall–Kier alpha value is -2.74. The number of carbonyl (C=O) groups is 2. The van der Waals surface area contributed by atoms with Crippen LogP contribution in [0, 0.1) is 5.92 Å². The van der Waals surface area contributed by atoms with E-state index in [1.165, 1.54) is 24.1 Å². The molecule has 0 unspecified atom stereocenters. The van der Waals surface area contributed by atoms with Crippen LogP contribution in [0.15, 0.2) is 18.2 Å². The van der Waals surface area contributed by atoms with E-state index >= 15 is 0 Å². The number of benzene rings is 1. The first kappa shape index (κ1) is 30.5. The zero-order chi connectivity index (χ0) is 28.1. The van der Waals surface area contributed by atoms with Gasteiger partial charge in [0.15, 0.2) is 5.75 Å². The number of alkyl halides is 3. The highest BCUT2D eigenvalue weighted by Gasteiger charge is 2.35. The van der Waals surface area contributed by atoms with E-state index in [0.717, 1.165) is 6.07 Å². The van der Waals surface area contributed by atoms with Gasteiger partial charge in [-0.15, -0.1) is 0 Å². The van der Waals surface area contributed by atoms with Crippen molar-refractivity contribution in [2.45, 2.75) is 52.1 Å². The minimum absolute atomic E-state index is 0.0392. The number of sulfonamides is 1. The molecule has 3 amide bonds. The Labute approximate surface area is 215 Å². The third-order valence-electron chi connectivity index (χ3n) is 5.75. The number of amides is 3. The monoisotopic (exact) mass is 552 g/mol. The van der Waals surface area contributed by atoms with Crippen LogP contribution in [0.4, 0.5) is 23.7 Å². The van der Waals surface area contributed by atoms with E-state index in [-0.39, 0.29) is 48.1 Å². The summed E-state index contributed by atoms with van der Waals surface area (Å²) in [7, 11) is -1.67. The summed E-state index contributed by atoms with van der Waals surface area (Å²) in [4.78, 5) is 29.2. The van der Waals surface area contributed by atoms with Gasteiger partial charge in [-0.25, -0.2) is 13.2 Å². The molecular weight excluding hydrogens is 517 g/mol. The lowest BCUT2D eigenvalue weighted by Gasteiger charge is -2.36. The molecular formula is C23H35F3N4O6S. The number of fused-ring (bicyclic) bond motifs is 1. The minimum Gasteiger partial charge on any atom is -0.491 e. The molecule has 0 saturated carbocycles. The Morgan fingerprint density at radius 3 is 2.46 bits per heavy atom. The smallest absolute Gasteiger partial charge is 0.404 e. The van der Waals surface area contributed by atoms with Gasteiger partial charge in [0, 0.05) is 45.3 Å². The molecule has 0 spiro atoms. The molecule has 37 heavy (non-hydrogen) atoms. The van der Waals surface area contributed by atoms with E-state index in [9.17, 15) is 31.2 Å². The zero-order valence-corrected chi connectivity index (χ0v) is 22.6. The van der Waals surface area contributed by atoms with Crippen LogP contribution in [-0.2, 0) is 14.8 Å². The molecule has 210 valence electrons. The van der Waals surface area contributed by atoms with Gasteiger partial charge in [-0.2, -0.15) is 13.2 Å². The number of hydrogen-bond acceptors (Lipinski definition) is 6. The van der Waals surface area contributed by atoms with Crippen molar-refractivity contribution in [1.29, 1.82) is 0 Å². The second kappa shape index (κ2) is 12.2. The van der Waals surface area contributed by atoms with Crippen LogP contribution in [0.1, 0.15) is 38.1 Å². The number of nitrogens with zero attached hydrogens (tertiary/aromatic N) is 2. The lowest BCUT2D eigenvalue weighted by Crippen LogP contribution is -2.52. The molecule has 0 aromatic heterocycles. The largest absolute Gasteiger partial charge is 0.491 e. The van der Waals surface area contributed by atoms with Gasteiger partial charge in [0.25, 0.3) is 5.91 Å². The maximum atomic E-state index is 13.2. The number of halogens is 3. The van der Waals surface area contributed by atoms with E-state index in [4.69, 9.17) is 9.47 Å². The fourth-order valence-electron chi connectivity index (χ4n) is 3.88. The third-order valence-corrected chi connectivity index (χ3v) is 7.00. The molecule has 1 heterocycles. The van der Waals surface area contributed by atoms with Crippen molar-refractivity contribution >= 4 is 27.6 Å². The van der Waals surface area contributed by atoms with Gasteiger partial charge in [-0.3, -0.25) is 9.52 Å². The number of hydrogen-bond donors (Lipinski definition) is 2. The quantitative estimate of drug-likeness (QED) is 0.580. The van der Waals surface area contributed by atoms with Crippen LogP contribution in [0.2, 0.25) is 0 Å². The second-order valence-corrected chi connectivity index (χ2v) is 11.3. The third kappa shape index (κ3) is 8.95. The highest BCUT2D eigenvalue weighted by Crippen LogP contribution is 2.28. The van der Waals surface area contributed by atoms with Gasteiger partial charge in [0.1, 0.15) is 12.4 Å². The maximum absolute atomic E-state index is 13.2. The van der Waals surface area contributed by atoms with Gasteiger partial charge in [-0.1, -0.05) is 6.92 Å². The fourth-order valence-corrected chi connectivity index (χ4v) is 4.87. The van der Waals surface area contributed by atoms with Crippen LogP contribution in [0.25, 0.3) is 0 Å². The van der Waals surface area contributed by atoms with Crippen molar-refractivity contribution in [3.05, 3.63) is 23.8 Å². The first-order chi connectivity index (χ1) is 17.0. The lowest BCUT2D eigenvalue weighted by atomic mass is 10.0. The predicted molar refractivity (Wildman–Crippen MR) is 132 cm³/mol. The molecule has 10 nitrogen and oxygen atoms in total. The fraction of sp³-hybridized carbons (Fsp3) is 0.652. The number of nitrogens with one attached hydrogen (secondary N) is 2. The van der Waals surface area contributed by atoms with E-state index in [1.807, 2.05) is 25.5 Å². The molecule has 0 aliphatic carbocycles. The summed E-state index contributed by atoms with van der Waals surface area (Å²) in [5, 5.41) is 2.85. The summed E-state index contributed by atoms with van der Waals surface area (Å²) in [5.74, 6) is -2.70. The Balaban J connectivity index is 2.46. The lowest BCUT2D eigenvalue weighted by molar-refractivity contribution is -0.106. The van der Waals surface area contributed by atoms with Crippen molar-refractivity contribution in [2.24, 2.45) is 5.92 Å². The number of ether oxygens (including phenoxy) is 2. The topological polar surface area (TPSA) is 117 Å². The molecule has 1 aliphatic rings. The van der Waals surface area contributed by atoms with Crippen LogP contribution < -0.4 is 14.8 Å². The second-order valence-electron chi connectivity index (χ2n) is 9.54. The highest BCUT2D eigenvalue weighted by atomic mass is 32.2. The Bertz CT molecular complexity index is 1070. The molecule has 2 N–H and O–H groups in total. The molecule has 0 bridgehead atoms. The molecule has 1 aliphatic heterocycles. The number of rotatable bonds is 5. The number of urea groups is 1. The Morgan fingerprint density at radius 1 is 1.24 bits per heavy atom. The summed E-state index contributed by atoms with van der Waals surface area (Å²) in [5.41, 5.74) is -0.120. The normalized spacial score (nSPS) is 22.0. The number of methoxy groups -OCH3 is 1. The van der Waals surface area contributed by atoms with Gasteiger partial charge >= 0.3 is 12.2 Å². The van der Waals surface area contributed by atoms with Crippen molar-refractivity contribution in [1.82, 2.24) is 15.1 Å². The summed E-state index contributed by atoms with van der Waals surface area (Å²) >= 11 is 0. The molecule has 0 radical (unpaired) electrons. The summed E-state index contributed by atoms with van der Waals surface area (Å²) < 4.78 is 75.2. The van der Waals surface area contributed by atoms with Gasteiger partial charge in [0.2, 0.25) is 10.0 Å². The van der Waals surface area contributed by atoms with Crippen LogP contribution >= 0.6 is 0 Å². The van der Waals surface area contributed by atoms with Crippen LogP contribution in [0.5, 0.6) is 5.75 Å². The van der Waals surface area contributed by atoms with E-state index in [2.05, 4.69) is 5.32 Å². The van der Waals surface area contributed by atoms with Crippen molar-refractivity contribution < 1.29 is 40.7 Å². The van der Waals surface area contributed by atoms with E-state index in [0.29, 0.717) is 6.54 Å². The van der Waals surface area contributed by atoms with Gasteiger partial charge < -0.3 is 24.6 Å². The predicted octanol–water partition coefficient (Wildman–Crippen LogP) is 2.91. The Kier molecular flexibility index (Phi) is 10.1. The molecule has 2 rings (SSSR count). The first-order valence-electron chi connectivity index (χ1n) is 11.7. The molecule has 1 aromatic carbocycles. The molecule has 3 atom stereocenters. The van der Waals surface area contributed by atoms with Crippen molar-refractivity contribution in [2.75, 3.05) is 44.3 Å². The summed E-state index contributed by atoms with van der Waals surface area (Å²) in [6.45, 7) is 7.74. The molecule has 0 fully saturated rings. The van der Waals surface area contributed by atoms with E-state index in [1.54, 1.807) is 18.9 Å². The average molecular weight is 553 g/mol. The number of anilines is 1. The van der Waals surface area contributed by atoms with E-state index < -0.39 is 40.0 Å².